The molecule has 2 aliphatic rings. The van der Waals surface area contributed by atoms with Crippen LogP contribution in [-0.4, -0.2) is 28.2 Å². The maximum absolute atomic E-state index is 5.77. The van der Waals surface area contributed by atoms with Gasteiger partial charge in [-0.3, -0.25) is 4.90 Å². The third-order valence-corrected chi connectivity index (χ3v) is 4.84. The molecule has 4 heteroatoms. The van der Waals surface area contributed by atoms with E-state index in [9.17, 15) is 0 Å². The second-order valence-electron chi connectivity index (χ2n) is 6.72. The van der Waals surface area contributed by atoms with Crippen LogP contribution in [0.25, 0.3) is 0 Å². The van der Waals surface area contributed by atoms with Gasteiger partial charge in [0, 0.05) is 5.92 Å². The van der Waals surface area contributed by atoms with Gasteiger partial charge >= 0.3 is 0 Å². The number of hydrogen-bond acceptors (Lipinski definition) is 4. The number of rotatable bonds is 5. The van der Waals surface area contributed by atoms with E-state index in [2.05, 4.69) is 45.4 Å². The first kappa shape index (κ1) is 13.9. The van der Waals surface area contributed by atoms with Gasteiger partial charge in [-0.05, 0) is 56.7 Å². The Labute approximate surface area is 131 Å². The molecule has 4 rings (SSSR count). The zero-order valence-corrected chi connectivity index (χ0v) is 12.9. The minimum absolute atomic E-state index is 0.554. The Morgan fingerprint density at radius 3 is 2.50 bits per heavy atom. The van der Waals surface area contributed by atoms with Crippen molar-refractivity contribution in [3.8, 4) is 0 Å². The lowest BCUT2D eigenvalue weighted by Gasteiger charge is -2.31. The molecule has 1 saturated heterocycles. The number of benzene rings is 1. The SMILES string of the molecule is c1ccc(CC2CCN(Cc3nnc(C4CC4)o3)CC2)cc1. The number of aromatic nitrogens is 2. The molecule has 0 radical (unpaired) electrons. The Kier molecular flexibility index (Phi) is 3.94. The van der Waals surface area contributed by atoms with Crippen LogP contribution in [0.3, 0.4) is 0 Å². The number of likely N-dealkylation sites (tertiary alicyclic amines) is 1. The highest BCUT2D eigenvalue weighted by molar-refractivity contribution is 5.15. The largest absolute Gasteiger partial charge is 0.424 e. The zero-order valence-electron chi connectivity index (χ0n) is 12.9. The second kappa shape index (κ2) is 6.21. The molecule has 0 atom stereocenters. The molecule has 1 aliphatic carbocycles. The molecule has 0 unspecified atom stereocenters. The number of nitrogens with zero attached hydrogens (tertiary/aromatic N) is 3. The van der Waals surface area contributed by atoms with Crippen LogP contribution in [0.1, 0.15) is 48.9 Å². The molecule has 4 nitrogen and oxygen atoms in total. The summed E-state index contributed by atoms with van der Waals surface area (Å²) in [5.41, 5.74) is 1.46. The fraction of sp³-hybridized carbons (Fsp3) is 0.556. The Hall–Kier alpha value is -1.68. The van der Waals surface area contributed by atoms with Crippen molar-refractivity contribution in [1.29, 1.82) is 0 Å². The van der Waals surface area contributed by atoms with Crippen molar-refractivity contribution in [2.75, 3.05) is 13.1 Å². The minimum Gasteiger partial charge on any atom is -0.424 e. The molecule has 2 heterocycles. The molecule has 116 valence electrons. The highest BCUT2D eigenvalue weighted by atomic mass is 16.4. The highest BCUT2D eigenvalue weighted by Gasteiger charge is 2.29. The summed E-state index contributed by atoms with van der Waals surface area (Å²) in [4.78, 5) is 2.45. The highest BCUT2D eigenvalue weighted by Crippen LogP contribution is 2.39. The normalized spacial score (nSPS) is 20.4. The number of piperidine rings is 1. The molecule has 1 saturated carbocycles. The molecule has 1 aliphatic heterocycles. The average molecular weight is 297 g/mol. The Morgan fingerprint density at radius 1 is 1.00 bits per heavy atom. The molecule has 0 amide bonds. The number of hydrogen-bond donors (Lipinski definition) is 0. The summed E-state index contributed by atoms with van der Waals surface area (Å²) < 4.78 is 5.77. The van der Waals surface area contributed by atoms with Crippen molar-refractivity contribution < 1.29 is 4.42 Å². The molecule has 1 aromatic heterocycles. The van der Waals surface area contributed by atoms with Crippen molar-refractivity contribution in [2.45, 2.75) is 44.6 Å². The zero-order chi connectivity index (χ0) is 14.8. The molecule has 0 spiro atoms. The topological polar surface area (TPSA) is 42.2 Å². The van der Waals surface area contributed by atoms with E-state index in [4.69, 9.17) is 4.42 Å². The standard InChI is InChI=1S/C18H23N3O/c1-2-4-14(5-3-1)12-15-8-10-21(11-9-15)13-17-19-20-18(22-17)16-6-7-16/h1-5,15-16H,6-13H2. The van der Waals surface area contributed by atoms with Gasteiger partial charge in [0.1, 0.15) is 0 Å². The summed E-state index contributed by atoms with van der Waals surface area (Å²) in [5.74, 6) is 3.01. The van der Waals surface area contributed by atoms with E-state index >= 15 is 0 Å². The van der Waals surface area contributed by atoms with Gasteiger partial charge < -0.3 is 4.42 Å². The fourth-order valence-electron chi connectivity index (χ4n) is 3.31. The lowest BCUT2D eigenvalue weighted by atomic mass is 9.90. The van der Waals surface area contributed by atoms with Crippen molar-refractivity contribution in [3.63, 3.8) is 0 Å². The van der Waals surface area contributed by atoms with Crippen LogP contribution in [0.5, 0.6) is 0 Å². The first-order chi connectivity index (χ1) is 10.9. The summed E-state index contributed by atoms with van der Waals surface area (Å²) in [7, 11) is 0. The van der Waals surface area contributed by atoms with Crippen LogP contribution in [0.2, 0.25) is 0 Å². The van der Waals surface area contributed by atoms with Crippen LogP contribution in [0.15, 0.2) is 34.7 Å². The van der Waals surface area contributed by atoms with Crippen LogP contribution in [0.4, 0.5) is 0 Å². The fourth-order valence-corrected chi connectivity index (χ4v) is 3.31. The smallest absolute Gasteiger partial charge is 0.230 e. The third kappa shape index (κ3) is 3.38. The Balaban J connectivity index is 1.26. The van der Waals surface area contributed by atoms with E-state index in [0.717, 1.165) is 37.3 Å². The molecule has 2 aromatic rings. The molecular formula is C18H23N3O. The summed E-state index contributed by atoms with van der Waals surface area (Å²) >= 11 is 0. The second-order valence-corrected chi connectivity index (χ2v) is 6.72. The Morgan fingerprint density at radius 2 is 1.77 bits per heavy atom. The van der Waals surface area contributed by atoms with Crippen LogP contribution < -0.4 is 0 Å². The van der Waals surface area contributed by atoms with Crippen molar-refractivity contribution in [2.24, 2.45) is 5.92 Å². The monoisotopic (exact) mass is 297 g/mol. The summed E-state index contributed by atoms with van der Waals surface area (Å²) in [6, 6.07) is 10.8. The molecule has 2 fully saturated rings. The van der Waals surface area contributed by atoms with E-state index in [-0.39, 0.29) is 0 Å². The van der Waals surface area contributed by atoms with Gasteiger partial charge in [-0.2, -0.15) is 0 Å². The van der Waals surface area contributed by atoms with Gasteiger partial charge in [0.15, 0.2) is 0 Å². The summed E-state index contributed by atoms with van der Waals surface area (Å²) in [6.45, 7) is 3.09. The van der Waals surface area contributed by atoms with Crippen molar-refractivity contribution in [1.82, 2.24) is 15.1 Å². The van der Waals surface area contributed by atoms with Gasteiger partial charge in [0.2, 0.25) is 11.8 Å². The van der Waals surface area contributed by atoms with E-state index < -0.39 is 0 Å². The quantitative estimate of drug-likeness (QED) is 0.848. The Bertz CT molecular complexity index is 598. The van der Waals surface area contributed by atoms with E-state index in [1.54, 1.807) is 0 Å². The minimum atomic E-state index is 0.554. The van der Waals surface area contributed by atoms with Crippen molar-refractivity contribution in [3.05, 3.63) is 47.7 Å². The predicted octanol–water partition coefficient (Wildman–Crippen LogP) is 3.40. The maximum atomic E-state index is 5.77. The van der Waals surface area contributed by atoms with Crippen LogP contribution in [0, 0.1) is 5.92 Å². The van der Waals surface area contributed by atoms with E-state index in [1.165, 1.54) is 37.7 Å². The first-order valence-electron chi connectivity index (χ1n) is 8.45. The molecule has 1 aromatic carbocycles. The van der Waals surface area contributed by atoms with E-state index in [0.29, 0.717) is 5.92 Å². The predicted molar refractivity (Wildman–Crippen MR) is 84.4 cm³/mol. The lowest BCUT2D eigenvalue weighted by molar-refractivity contribution is 0.163. The molecule has 22 heavy (non-hydrogen) atoms. The van der Waals surface area contributed by atoms with Crippen LogP contribution >= 0.6 is 0 Å². The summed E-state index contributed by atoms with van der Waals surface area (Å²) in [6.07, 6.45) is 6.16. The van der Waals surface area contributed by atoms with Gasteiger partial charge in [0.25, 0.3) is 0 Å². The lowest BCUT2D eigenvalue weighted by Crippen LogP contribution is -2.33. The molecule has 0 bridgehead atoms. The molecular weight excluding hydrogens is 274 g/mol. The van der Waals surface area contributed by atoms with Crippen molar-refractivity contribution >= 4 is 0 Å². The van der Waals surface area contributed by atoms with E-state index in [1.807, 2.05) is 0 Å². The van der Waals surface area contributed by atoms with Crippen LogP contribution in [-0.2, 0) is 13.0 Å². The van der Waals surface area contributed by atoms with Gasteiger partial charge in [-0.15, -0.1) is 10.2 Å². The average Bonchev–Trinajstić information content (AvgIpc) is 3.30. The maximum Gasteiger partial charge on any atom is 0.230 e. The first-order valence-corrected chi connectivity index (χ1v) is 8.45. The summed E-state index contributed by atoms with van der Waals surface area (Å²) in [5, 5.41) is 8.37. The molecule has 0 N–H and O–H groups in total. The third-order valence-electron chi connectivity index (χ3n) is 4.84. The van der Waals surface area contributed by atoms with Gasteiger partial charge in [0.05, 0.1) is 6.54 Å². The van der Waals surface area contributed by atoms with Gasteiger partial charge in [-0.25, -0.2) is 0 Å². The van der Waals surface area contributed by atoms with Gasteiger partial charge in [-0.1, -0.05) is 30.3 Å².